The maximum Gasteiger partial charge on any atom is 0.244 e. The first kappa shape index (κ1) is 16.1. The summed E-state index contributed by atoms with van der Waals surface area (Å²) in [5.41, 5.74) is -0.107. The molecule has 0 atom stereocenters. The number of sulfonamides is 1. The second kappa shape index (κ2) is 5.58. The zero-order chi connectivity index (χ0) is 14.1. The van der Waals surface area contributed by atoms with Crippen molar-refractivity contribution >= 4 is 37.3 Å². The summed E-state index contributed by atoms with van der Waals surface area (Å²) in [5.74, 6) is 0. The van der Waals surface area contributed by atoms with Gasteiger partial charge in [-0.2, -0.15) is 0 Å². The lowest BCUT2D eigenvalue weighted by Crippen LogP contribution is -2.34. The van der Waals surface area contributed by atoms with Crippen molar-refractivity contribution in [3.8, 4) is 0 Å². The van der Waals surface area contributed by atoms with Gasteiger partial charge >= 0.3 is 0 Å². The van der Waals surface area contributed by atoms with E-state index in [1.165, 1.54) is 21.7 Å². The summed E-state index contributed by atoms with van der Waals surface area (Å²) in [7, 11) is -1.93. The first-order chi connectivity index (χ1) is 8.08. The molecule has 0 aliphatic carbocycles. The van der Waals surface area contributed by atoms with E-state index in [1.807, 2.05) is 20.8 Å². The van der Waals surface area contributed by atoms with Crippen molar-refractivity contribution in [3.05, 3.63) is 14.7 Å². The van der Waals surface area contributed by atoms with Crippen LogP contribution in [0.15, 0.2) is 14.7 Å². The molecule has 1 aromatic rings. The molecule has 0 radical (unpaired) electrons. The Bertz CT molecular complexity index is 517. The van der Waals surface area contributed by atoms with E-state index < -0.39 is 10.0 Å². The lowest BCUT2D eigenvalue weighted by Gasteiger charge is -2.25. The number of nitrogens with zero attached hydrogens (tertiary/aromatic N) is 1. The molecule has 0 saturated heterocycles. The van der Waals surface area contributed by atoms with E-state index >= 15 is 0 Å². The molecule has 18 heavy (non-hydrogen) atoms. The van der Waals surface area contributed by atoms with Crippen LogP contribution in [0.5, 0.6) is 0 Å². The first-order valence-electron chi connectivity index (χ1n) is 5.43. The standard InChI is InChI=1S/C11H18BrNO3S2/c1-11(2,3)7-13(4)18(15,16)9-5-8(6-14)17-10(9)12/h5,14H,6-7H2,1-4H3. The van der Waals surface area contributed by atoms with Gasteiger partial charge in [0.2, 0.25) is 10.0 Å². The predicted molar refractivity (Wildman–Crippen MR) is 77.2 cm³/mol. The van der Waals surface area contributed by atoms with E-state index in [2.05, 4.69) is 15.9 Å². The van der Waals surface area contributed by atoms with Gasteiger partial charge < -0.3 is 5.11 Å². The molecular formula is C11H18BrNO3S2. The molecule has 1 N–H and O–H groups in total. The van der Waals surface area contributed by atoms with E-state index in [4.69, 9.17) is 5.11 Å². The molecule has 0 spiro atoms. The molecule has 1 rings (SSSR count). The van der Waals surface area contributed by atoms with E-state index in [0.717, 1.165) is 0 Å². The number of rotatable bonds is 4. The zero-order valence-corrected chi connectivity index (χ0v) is 14.1. The SMILES string of the molecule is CN(CC(C)(C)C)S(=O)(=O)c1cc(CO)sc1Br. The van der Waals surface area contributed by atoms with Crippen molar-refractivity contribution in [3.63, 3.8) is 0 Å². The van der Waals surface area contributed by atoms with Crippen molar-refractivity contribution in [2.45, 2.75) is 32.3 Å². The second-order valence-electron chi connectivity index (χ2n) is 5.33. The first-order valence-corrected chi connectivity index (χ1v) is 8.48. The summed E-state index contributed by atoms with van der Waals surface area (Å²) < 4.78 is 26.6. The Kier molecular flexibility index (Phi) is 4.99. The minimum Gasteiger partial charge on any atom is -0.391 e. The van der Waals surface area contributed by atoms with Gasteiger partial charge in [0.15, 0.2) is 0 Å². The molecule has 104 valence electrons. The van der Waals surface area contributed by atoms with Crippen molar-refractivity contribution in [2.75, 3.05) is 13.6 Å². The van der Waals surface area contributed by atoms with Gasteiger partial charge in [0.1, 0.15) is 4.90 Å². The Morgan fingerprint density at radius 1 is 1.44 bits per heavy atom. The molecular weight excluding hydrogens is 338 g/mol. The van der Waals surface area contributed by atoms with Crippen molar-refractivity contribution in [1.82, 2.24) is 4.31 Å². The van der Waals surface area contributed by atoms with Crippen LogP contribution < -0.4 is 0 Å². The summed E-state index contributed by atoms with van der Waals surface area (Å²) in [5, 5.41) is 9.05. The quantitative estimate of drug-likeness (QED) is 0.902. The summed E-state index contributed by atoms with van der Waals surface area (Å²) in [4.78, 5) is 0.855. The van der Waals surface area contributed by atoms with Crippen molar-refractivity contribution in [2.24, 2.45) is 5.41 Å². The summed E-state index contributed by atoms with van der Waals surface area (Å²) in [6.45, 7) is 6.25. The maximum atomic E-state index is 12.4. The minimum absolute atomic E-state index is 0.107. The molecule has 7 heteroatoms. The molecule has 0 bridgehead atoms. The molecule has 0 aromatic carbocycles. The third-order valence-corrected chi connectivity index (χ3v) is 6.29. The summed E-state index contributed by atoms with van der Waals surface area (Å²) in [6, 6.07) is 1.52. The molecule has 0 unspecified atom stereocenters. The van der Waals surface area contributed by atoms with Crippen LogP contribution in [0.3, 0.4) is 0 Å². The number of hydrogen-bond donors (Lipinski definition) is 1. The number of thiophene rings is 1. The van der Waals surface area contributed by atoms with E-state index in [9.17, 15) is 8.42 Å². The predicted octanol–water partition coefficient (Wildman–Crippen LogP) is 2.67. The van der Waals surface area contributed by atoms with Gasteiger partial charge in [-0.05, 0) is 27.4 Å². The van der Waals surface area contributed by atoms with Crippen molar-refractivity contribution < 1.29 is 13.5 Å². The molecule has 1 aromatic heterocycles. The van der Waals surface area contributed by atoms with Gasteiger partial charge in [-0.1, -0.05) is 20.8 Å². The van der Waals surface area contributed by atoms with Crippen LogP contribution in [0.1, 0.15) is 25.6 Å². The van der Waals surface area contributed by atoms with Crippen molar-refractivity contribution in [1.29, 1.82) is 0 Å². The van der Waals surface area contributed by atoms with E-state index in [1.54, 1.807) is 7.05 Å². The third kappa shape index (κ3) is 3.77. The molecule has 0 aliphatic heterocycles. The number of aliphatic hydroxyl groups is 1. The summed E-state index contributed by atoms with van der Waals surface area (Å²) >= 11 is 4.48. The Morgan fingerprint density at radius 3 is 2.39 bits per heavy atom. The van der Waals surface area contributed by atoms with E-state index in [0.29, 0.717) is 15.2 Å². The summed E-state index contributed by atoms with van der Waals surface area (Å²) in [6.07, 6.45) is 0. The normalized spacial score (nSPS) is 13.3. The van der Waals surface area contributed by atoms with Crippen LogP contribution in [-0.4, -0.2) is 31.4 Å². The highest BCUT2D eigenvalue weighted by atomic mass is 79.9. The maximum absolute atomic E-state index is 12.4. The lowest BCUT2D eigenvalue weighted by molar-refractivity contribution is 0.285. The van der Waals surface area contributed by atoms with Crippen LogP contribution in [-0.2, 0) is 16.6 Å². The fourth-order valence-corrected chi connectivity index (χ4v) is 5.46. The van der Waals surface area contributed by atoms with Crippen LogP contribution in [0.2, 0.25) is 0 Å². The molecule has 4 nitrogen and oxygen atoms in total. The molecule has 0 amide bonds. The Hall–Kier alpha value is 0.0500. The minimum atomic E-state index is -3.51. The van der Waals surface area contributed by atoms with Gasteiger partial charge in [-0.3, -0.25) is 0 Å². The number of aliphatic hydroxyl groups excluding tert-OH is 1. The Labute approximate surface area is 121 Å². The van der Waals surface area contributed by atoms with Gasteiger partial charge in [0.25, 0.3) is 0 Å². The third-order valence-electron chi connectivity index (χ3n) is 2.25. The Balaban J connectivity index is 3.09. The monoisotopic (exact) mass is 355 g/mol. The largest absolute Gasteiger partial charge is 0.391 e. The fraction of sp³-hybridized carbons (Fsp3) is 0.636. The topological polar surface area (TPSA) is 57.6 Å². The van der Waals surface area contributed by atoms with Crippen LogP contribution in [0, 0.1) is 5.41 Å². The smallest absolute Gasteiger partial charge is 0.244 e. The molecule has 0 fully saturated rings. The average molecular weight is 356 g/mol. The zero-order valence-electron chi connectivity index (χ0n) is 10.9. The molecule has 0 saturated carbocycles. The van der Waals surface area contributed by atoms with E-state index in [-0.39, 0.29) is 16.9 Å². The Morgan fingerprint density at radius 2 is 2.00 bits per heavy atom. The van der Waals surface area contributed by atoms with Gasteiger partial charge in [0.05, 0.1) is 10.4 Å². The highest BCUT2D eigenvalue weighted by Crippen LogP contribution is 2.34. The lowest BCUT2D eigenvalue weighted by atomic mass is 9.97. The van der Waals surface area contributed by atoms with Gasteiger partial charge in [-0.15, -0.1) is 11.3 Å². The number of halogens is 1. The molecule has 0 aliphatic rings. The fourth-order valence-electron chi connectivity index (χ4n) is 1.57. The van der Waals surface area contributed by atoms with Gasteiger partial charge in [0, 0.05) is 18.5 Å². The van der Waals surface area contributed by atoms with Crippen LogP contribution in [0.25, 0.3) is 0 Å². The average Bonchev–Trinajstić information content (AvgIpc) is 2.57. The highest BCUT2D eigenvalue weighted by molar-refractivity contribution is 9.11. The van der Waals surface area contributed by atoms with Gasteiger partial charge in [-0.25, -0.2) is 12.7 Å². The molecule has 1 heterocycles. The number of hydrogen-bond acceptors (Lipinski definition) is 4. The second-order valence-corrected chi connectivity index (χ2v) is 9.80. The van der Waals surface area contributed by atoms with Crippen LogP contribution >= 0.6 is 27.3 Å². The van der Waals surface area contributed by atoms with Crippen LogP contribution in [0.4, 0.5) is 0 Å². The highest BCUT2D eigenvalue weighted by Gasteiger charge is 2.28.